The van der Waals surface area contributed by atoms with Crippen LogP contribution in [0, 0.1) is 5.92 Å². The molecule has 2 unspecified atom stereocenters. The highest BCUT2D eigenvalue weighted by molar-refractivity contribution is 5.97. The van der Waals surface area contributed by atoms with Gasteiger partial charge < -0.3 is 5.32 Å². The first kappa shape index (κ1) is 10.8. The van der Waals surface area contributed by atoms with Gasteiger partial charge >= 0.3 is 0 Å². The van der Waals surface area contributed by atoms with E-state index in [1.807, 2.05) is 0 Å². The number of fused-ring (bicyclic) bond motifs is 2. The summed E-state index contributed by atoms with van der Waals surface area (Å²) in [5, 5.41) is 3.61. The topological polar surface area (TPSA) is 54.9 Å². The van der Waals surface area contributed by atoms with Crippen molar-refractivity contribution < 1.29 is 4.79 Å². The second-order valence-electron chi connectivity index (χ2n) is 5.15. The van der Waals surface area contributed by atoms with Gasteiger partial charge in [0.2, 0.25) is 0 Å². The number of carbonyl (C=O) groups is 1. The van der Waals surface area contributed by atoms with Gasteiger partial charge in [-0.2, -0.15) is 0 Å². The Morgan fingerprint density at radius 2 is 1.82 bits per heavy atom. The lowest BCUT2D eigenvalue weighted by atomic mass is 9.77. The van der Waals surface area contributed by atoms with E-state index < -0.39 is 0 Å². The molecule has 0 aromatic carbocycles. The van der Waals surface area contributed by atoms with E-state index in [1.54, 1.807) is 12.4 Å². The predicted molar refractivity (Wildman–Crippen MR) is 63.6 cm³/mol. The van der Waals surface area contributed by atoms with E-state index in [1.165, 1.54) is 25.6 Å². The Labute approximate surface area is 101 Å². The smallest absolute Gasteiger partial charge is 0.169 e. The van der Waals surface area contributed by atoms with Crippen LogP contribution in [0.15, 0.2) is 18.7 Å². The van der Waals surface area contributed by atoms with Crippen LogP contribution >= 0.6 is 0 Å². The average molecular weight is 231 g/mol. The summed E-state index contributed by atoms with van der Waals surface area (Å²) < 4.78 is 0. The lowest BCUT2D eigenvalue weighted by Gasteiger charge is -2.39. The minimum Gasteiger partial charge on any atom is -0.311 e. The van der Waals surface area contributed by atoms with Gasteiger partial charge in [-0.15, -0.1) is 0 Å². The second-order valence-corrected chi connectivity index (χ2v) is 5.15. The normalized spacial score (nSPS) is 32.1. The molecule has 3 rings (SSSR count). The number of nitrogens with one attached hydrogen (secondary N) is 1. The third kappa shape index (κ3) is 2.22. The number of piperidine rings is 2. The summed E-state index contributed by atoms with van der Waals surface area (Å²) in [6.07, 6.45) is 10.4. The van der Waals surface area contributed by atoms with Crippen molar-refractivity contribution in [2.75, 3.05) is 0 Å². The Morgan fingerprint density at radius 3 is 2.47 bits per heavy atom. The average Bonchev–Trinajstić information content (AvgIpc) is 2.38. The van der Waals surface area contributed by atoms with Crippen molar-refractivity contribution in [1.29, 1.82) is 0 Å². The zero-order valence-corrected chi connectivity index (χ0v) is 9.80. The summed E-state index contributed by atoms with van der Waals surface area (Å²) in [6.45, 7) is 0. The van der Waals surface area contributed by atoms with Crippen molar-refractivity contribution in [3.63, 3.8) is 0 Å². The minimum absolute atomic E-state index is 0.164. The fraction of sp³-hybridized carbons (Fsp3) is 0.615. The van der Waals surface area contributed by atoms with Crippen LogP contribution in [0.1, 0.15) is 42.5 Å². The van der Waals surface area contributed by atoms with Crippen LogP contribution in [0.25, 0.3) is 0 Å². The third-order valence-electron chi connectivity index (χ3n) is 3.93. The molecule has 4 heteroatoms. The maximum atomic E-state index is 12.3. The number of carbonyl (C=O) groups excluding carboxylic acids is 1. The molecule has 2 atom stereocenters. The number of aromatic nitrogens is 2. The highest BCUT2D eigenvalue weighted by atomic mass is 16.1. The van der Waals surface area contributed by atoms with Gasteiger partial charge in [-0.05, 0) is 25.7 Å². The number of rotatable bonds is 2. The first-order chi connectivity index (χ1) is 8.33. The molecule has 2 aliphatic heterocycles. The number of ketones is 1. The molecule has 90 valence electrons. The standard InChI is InChI=1S/C13H17N3O/c17-13(10-6-14-8-15-7-10)9-4-11-2-1-3-12(5-9)16-11/h6-9,11-12,16H,1-5H2. The SMILES string of the molecule is O=C(c1cncnc1)C1CC2CCCC(C1)N2. The van der Waals surface area contributed by atoms with Crippen molar-refractivity contribution >= 4 is 5.78 Å². The van der Waals surface area contributed by atoms with E-state index in [2.05, 4.69) is 15.3 Å². The van der Waals surface area contributed by atoms with Gasteiger partial charge in [0.15, 0.2) is 5.78 Å². The summed E-state index contributed by atoms with van der Waals surface area (Å²) in [4.78, 5) is 20.2. The monoisotopic (exact) mass is 231 g/mol. The lowest BCUT2D eigenvalue weighted by Crippen LogP contribution is -2.50. The molecule has 2 fully saturated rings. The van der Waals surface area contributed by atoms with Gasteiger partial charge in [-0.3, -0.25) is 4.79 Å². The van der Waals surface area contributed by atoms with Crippen molar-refractivity contribution in [2.24, 2.45) is 5.92 Å². The van der Waals surface area contributed by atoms with Crippen LogP contribution in [0.3, 0.4) is 0 Å². The molecule has 0 aliphatic carbocycles. The number of hydrogen-bond donors (Lipinski definition) is 1. The fourth-order valence-electron chi connectivity index (χ4n) is 3.14. The highest BCUT2D eigenvalue weighted by Crippen LogP contribution is 2.31. The summed E-state index contributed by atoms with van der Waals surface area (Å²) in [5.41, 5.74) is 0.664. The molecule has 0 spiro atoms. The summed E-state index contributed by atoms with van der Waals surface area (Å²) in [7, 11) is 0. The second kappa shape index (κ2) is 4.53. The summed E-state index contributed by atoms with van der Waals surface area (Å²) in [5.74, 6) is 0.390. The Hall–Kier alpha value is -1.29. The van der Waals surface area contributed by atoms with E-state index in [0.29, 0.717) is 17.6 Å². The molecule has 2 aliphatic rings. The summed E-state index contributed by atoms with van der Waals surface area (Å²) in [6, 6.07) is 1.09. The van der Waals surface area contributed by atoms with Crippen molar-refractivity contribution in [3.05, 3.63) is 24.3 Å². The zero-order valence-electron chi connectivity index (χ0n) is 9.80. The molecule has 1 aromatic heterocycles. The fourth-order valence-corrected chi connectivity index (χ4v) is 3.14. The van der Waals surface area contributed by atoms with E-state index in [4.69, 9.17) is 0 Å². The van der Waals surface area contributed by atoms with Crippen LogP contribution < -0.4 is 5.32 Å². The van der Waals surface area contributed by atoms with E-state index >= 15 is 0 Å². The number of nitrogens with zero attached hydrogens (tertiary/aromatic N) is 2. The molecular weight excluding hydrogens is 214 g/mol. The van der Waals surface area contributed by atoms with Crippen LogP contribution in [0.2, 0.25) is 0 Å². The van der Waals surface area contributed by atoms with Gasteiger partial charge in [0.05, 0.1) is 5.56 Å². The third-order valence-corrected chi connectivity index (χ3v) is 3.93. The first-order valence-electron chi connectivity index (χ1n) is 6.38. The maximum Gasteiger partial charge on any atom is 0.169 e. The van der Waals surface area contributed by atoms with Crippen LogP contribution in [-0.2, 0) is 0 Å². The minimum atomic E-state index is 0.164. The quantitative estimate of drug-likeness (QED) is 0.785. The summed E-state index contributed by atoms with van der Waals surface area (Å²) >= 11 is 0. The van der Waals surface area contributed by atoms with Crippen molar-refractivity contribution in [1.82, 2.24) is 15.3 Å². The van der Waals surface area contributed by atoms with Crippen LogP contribution in [0.5, 0.6) is 0 Å². The molecule has 2 bridgehead atoms. The molecule has 1 N–H and O–H groups in total. The van der Waals surface area contributed by atoms with Crippen LogP contribution in [-0.4, -0.2) is 27.8 Å². The number of hydrogen-bond acceptors (Lipinski definition) is 4. The molecule has 17 heavy (non-hydrogen) atoms. The predicted octanol–water partition coefficient (Wildman–Crippen LogP) is 1.58. The number of Topliss-reactive ketones (excluding diaryl/α,β-unsaturated/α-hetero) is 1. The van der Waals surface area contributed by atoms with Gasteiger partial charge in [-0.1, -0.05) is 6.42 Å². The molecule has 1 aromatic rings. The first-order valence-corrected chi connectivity index (χ1v) is 6.38. The largest absolute Gasteiger partial charge is 0.311 e. The molecule has 0 saturated carbocycles. The molecule has 4 nitrogen and oxygen atoms in total. The van der Waals surface area contributed by atoms with Crippen molar-refractivity contribution in [2.45, 2.75) is 44.2 Å². The molecule has 0 amide bonds. The van der Waals surface area contributed by atoms with Gasteiger partial charge in [0, 0.05) is 30.4 Å². The Balaban J connectivity index is 1.74. The highest BCUT2D eigenvalue weighted by Gasteiger charge is 2.34. The van der Waals surface area contributed by atoms with Crippen LogP contribution in [0.4, 0.5) is 0 Å². The van der Waals surface area contributed by atoms with Gasteiger partial charge in [0.25, 0.3) is 0 Å². The van der Waals surface area contributed by atoms with Gasteiger partial charge in [-0.25, -0.2) is 9.97 Å². The molecule has 3 heterocycles. The molecule has 0 radical (unpaired) electrons. The Bertz CT molecular complexity index is 394. The van der Waals surface area contributed by atoms with E-state index in [0.717, 1.165) is 12.8 Å². The zero-order chi connectivity index (χ0) is 11.7. The molecule has 2 saturated heterocycles. The van der Waals surface area contributed by atoms with Gasteiger partial charge in [0.1, 0.15) is 6.33 Å². The van der Waals surface area contributed by atoms with E-state index in [-0.39, 0.29) is 11.7 Å². The Morgan fingerprint density at radius 1 is 1.18 bits per heavy atom. The van der Waals surface area contributed by atoms with Crippen molar-refractivity contribution in [3.8, 4) is 0 Å². The maximum absolute atomic E-state index is 12.3. The lowest BCUT2D eigenvalue weighted by molar-refractivity contribution is 0.0824. The molecular formula is C13H17N3O. The van der Waals surface area contributed by atoms with E-state index in [9.17, 15) is 4.79 Å². The Kier molecular flexibility index (Phi) is 2.89.